The van der Waals surface area contributed by atoms with Crippen molar-refractivity contribution < 1.29 is 4.79 Å². The third-order valence-corrected chi connectivity index (χ3v) is 4.21. The fraction of sp³-hybridized carbons (Fsp3) is 0.588. The summed E-state index contributed by atoms with van der Waals surface area (Å²) in [6, 6.07) is 11.4. The molecule has 2 rings (SSSR count). The van der Waals surface area contributed by atoms with Gasteiger partial charge in [0.1, 0.15) is 5.78 Å². The van der Waals surface area contributed by atoms with E-state index in [0.717, 1.165) is 6.54 Å². The molecule has 1 saturated heterocycles. The number of piperidine rings is 1. The Bertz CT molecular complexity index is 401. The Labute approximate surface area is 116 Å². The van der Waals surface area contributed by atoms with Gasteiger partial charge in [0.25, 0.3) is 0 Å². The summed E-state index contributed by atoms with van der Waals surface area (Å²) < 4.78 is 0. The number of benzene rings is 1. The first-order chi connectivity index (χ1) is 9.22. The van der Waals surface area contributed by atoms with Gasteiger partial charge in [-0.15, -0.1) is 0 Å². The van der Waals surface area contributed by atoms with Gasteiger partial charge in [0, 0.05) is 18.5 Å². The van der Waals surface area contributed by atoms with Gasteiger partial charge in [0.05, 0.1) is 0 Å². The van der Waals surface area contributed by atoms with Gasteiger partial charge in [-0.2, -0.15) is 0 Å². The molecule has 0 spiro atoms. The van der Waals surface area contributed by atoms with Crippen LogP contribution in [0, 0.1) is 0 Å². The molecule has 2 atom stereocenters. The van der Waals surface area contributed by atoms with Gasteiger partial charge in [-0.25, -0.2) is 0 Å². The van der Waals surface area contributed by atoms with Gasteiger partial charge in [0.15, 0.2) is 0 Å². The molecule has 19 heavy (non-hydrogen) atoms. The Morgan fingerprint density at radius 2 is 2.05 bits per heavy atom. The maximum atomic E-state index is 11.6. The van der Waals surface area contributed by atoms with Gasteiger partial charge in [-0.05, 0) is 38.3 Å². The zero-order chi connectivity index (χ0) is 13.7. The topological polar surface area (TPSA) is 20.3 Å². The van der Waals surface area contributed by atoms with Crippen LogP contribution in [0.3, 0.4) is 0 Å². The highest BCUT2D eigenvalue weighted by Gasteiger charge is 2.29. The van der Waals surface area contributed by atoms with E-state index in [0.29, 0.717) is 12.5 Å². The largest absolute Gasteiger partial charge is 0.300 e. The smallest absolute Gasteiger partial charge is 0.131 e. The molecule has 1 aliphatic rings. The number of carbonyl (C=O) groups excluding carboxylic acids is 1. The van der Waals surface area contributed by atoms with Gasteiger partial charge in [0.2, 0.25) is 0 Å². The van der Waals surface area contributed by atoms with Crippen LogP contribution in [0.4, 0.5) is 0 Å². The van der Waals surface area contributed by atoms with Crippen LogP contribution < -0.4 is 0 Å². The van der Waals surface area contributed by atoms with Crippen LogP contribution >= 0.6 is 0 Å². The van der Waals surface area contributed by atoms with Gasteiger partial charge < -0.3 is 0 Å². The predicted molar refractivity (Wildman–Crippen MR) is 79.1 cm³/mol. The number of rotatable bonds is 5. The highest BCUT2D eigenvalue weighted by Crippen LogP contribution is 2.32. The van der Waals surface area contributed by atoms with E-state index >= 15 is 0 Å². The van der Waals surface area contributed by atoms with Gasteiger partial charge in [-0.1, -0.05) is 43.7 Å². The molecule has 1 aromatic carbocycles. The van der Waals surface area contributed by atoms with Crippen molar-refractivity contribution in [2.75, 3.05) is 6.54 Å². The van der Waals surface area contributed by atoms with Crippen LogP contribution in [0.15, 0.2) is 30.3 Å². The van der Waals surface area contributed by atoms with Crippen LogP contribution in [0.25, 0.3) is 0 Å². The van der Waals surface area contributed by atoms with Crippen molar-refractivity contribution in [1.82, 2.24) is 4.90 Å². The molecule has 104 valence electrons. The summed E-state index contributed by atoms with van der Waals surface area (Å²) in [4.78, 5) is 14.2. The number of nitrogens with zero attached hydrogens (tertiary/aromatic N) is 1. The second-order valence-electron chi connectivity index (χ2n) is 5.63. The minimum absolute atomic E-state index is 0.268. The normalized spacial score (nSPS) is 22.1. The quantitative estimate of drug-likeness (QED) is 0.797. The predicted octanol–water partition coefficient (Wildman–Crippen LogP) is 3.97. The van der Waals surface area contributed by atoms with Gasteiger partial charge >= 0.3 is 0 Å². The van der Waals surface area contributed by atoms with E-state index in [2.05, 4.69) is 36.1 Å². The Morgan fingerprint density at radius 1 is 1.32 bits per heavy atom. The first-order valence-electron chi connectivity index (χ1n) is 7.52. The van der Waals surface area contributed by atoms with Crippen molar-refractivity contribution in [2.24, 2.45) is 0 Å². The van der Waals surface area contributed by atoms with Crippen LogP contribution in [-0.4, -0.2) is 23.3 Å². The number of Topliss-reactive ketones (excluding diaryl/α,β-unsaturated/α-hetero) is 1. The number of hydrogen-bond donors (Lipinski definition) is 0. The van der Waals surface area contributed by atoms with Gasteiger partial charge in [-0.3, -0.25) is 9.69 Å². The van der Waals surface area contributed by atoms with Crippen LogP contribution in [-0.2, 0) is 4.79 Å². The second-order valence-corrected chi connectivity index (χ2v) is 5.63. The molecule has 1 fully saturated rings. The van der Waals surface area contributed by atoms with E-state index in [9.17, 15) is 4.79 Å². The summed E-state index contributed by atoms with van der Waals surface area (Å²) in [5, 5.41) is 0. The lowest BCUT2D eigenvalue weighted by Gasteiger charge is -2.41. The van der Waals surface area contributed by atoms with Crippen molar-refractivity contribution in [3.8, 4) is 0 Å². The van der Waals surface area contributed by atoms with Crippen molar-refractivity contribution in [3.05, 3.63) is 35.9 Å². The van der Waals surface area contributed by atoms with Crippen molar-refractivity contribution in [3.63, 3.8) is 0 Å². The van der Waals surface area contributed by atoms with E-state index in [1.807, 2.05) is 6.07 Å². The zero-order valence-corrected chi connectivity index (χ0v) is 12.1. The van der Waals surface area contributed by atoms with E-state index in [1.165, 1.54) is 31.2 Å². The lowest BCUT2D eigenvalue weighted by molar-refractivity contribution is -0.118. The number of ketones is 1. The molecule has 1 aliphatic heterocycles. The number of hydrogen-bond acceptors (Lipinski definition) is 2. The Kier molecular flexibility index (Phi) is 5.15. The molecule has 2 heteroatoms. The molecule has 0 N–H and O–H groups in total. The fourth-order valence-corrected chi connectivity index (χ4v) is 3.25. The van der Waals surface area contributed by atoms with Crippen LogP contribution in [0.1, 0.15) is 57.6 Å². The summed E-state index contributed by atoms with van der Waals surface area (Å²) in [6.45, 7) is 5.10. The molecule has 0 radical (unpaired) electrons. The molecule has 0 aromatic heterocycles. The molecular formula is C17H25NO. The summed E-state index contributed by atoms with van der Waals surface area (Å²) in [5.74, 6) is 0.286. The molecule has 0 aliphatic carbocycles. The molecule has 0 saturated carbocycles. The monoisotopic (exact) mass is 259 g/mol. The number of carbonyl (C=O) groups is 1. The highest BCUT2D eigenvalue weighted by atomic mass is 16.1. The average Bonchev–Trinajstić information content (AvgIpc) is 2.45. The van der Waals surface area contributed by atoms with E-state index in [4.69, 9.17) is 0 Å². The molecule has 2 unspecified atom stereocenters. The van der Waals surface area contributed by atoms with Crippen molar-refractivity contribution in [1.29, 1.82) is 0 Å². The maximum Gasteiger partial charge on any atom is 0.131 e. The highest BCUT2D eigenvalue weighted by molar-refractivity contribution is 5.76. The molecule has 1 aromatic rings. The Hall–Kier alpha value is -1.15. The zero-order valence-electron chi connectivity index (χ0n) is 12.1. The molecule has 0 bridgehead atoms. The first kappa shape index (κ1) is 14.3. The second kappa shape index (κ2) is 6.85. The third-order valence-electron chi connectivity index (χ3n) is 4.21. The van der Waals surface area contributed by atoms with E-state index < -0.39 is 0 Å². The average molecular weight is 259 g/mol. The van der Waals surface area contributed by atoms with Crippen molar-refractivity contribution in [2.45, 2.75) is 58.0 Å². The number of likely N-dealkylation sites (tertiary alicyclic amines) is 1. The van der Waals surface area contributed by atoms with E-state index in [1.54, 1.807) is 6.92 Å². The molecule has 1 heterocycles. The molecular weight excluding hydrogens is 234 g/mol. The fourth-order valence-electron chi connectivity index (χ4n) is 3.25. The minimum atomic E-state index is 0.268. The maximum absolute atomic E-state index is 11.6. The summed E-state index contributed by atoms with van der Waals surface area (Å²) in [6.07, 6.45) is 5.69. The molecule has 0 amide bonds. The summed E-state index contributed by atoms with van der Waals surface area (Å²) >= 11 is 0. The lowest BCUT2D eigenvalue weighted by atomic mass is 9.92. The first-order valence-corrected chi connectivity index (χ1v) is 7.52. The standard InChI is InChI=1S/C17H25NO/c1-3-16-11-7-8-12-18(16)17(13-14(2)19)15-9-5-4-6-10-15/h4-6,9-10,16-17H,3,7-8,11-13H2,1-2H3. The molecule has 2 nitrogen and oxygen atoms in total. The van der Waals surface area contributed by atoms with Crippen LogP contribution in [0.2, 0.25) is 0 Å². The van der Waals surface area contributed by atoms with Crippen LogP contribution in [0.5, 0.6) is 0 Å². The Balaban J connectivity index is 2.23. The summed E-state index contributed by atoms with van der Waals surface area (Å²) in [7, 11) is 0. The van der Waals surface area contributed by atoms with Crippen molar-refractivity contribution >= 4 is 5.78 Å². The lowest BCUT2D eigenvalue weighted by Crippen LogP contribution is -2.42. The summed E-state index contributed by atoms with van der Waals surface area (Å²) in [5.41, 5.74) is 1.29. The minimum Gasteiger partial charge on any atom is -0.300 e. The Morgan fingerprint density at radius 3 is 2.68 bits per heavy atom. The van der Waals surface area contributed by atoms with E-state index in [-0.39, 0.29) is 11.8 Å². The third kappa shape index (κ3) is 3.66. The SMILES string of the molecule is CCC1CCCCN1C(CC(C)=O)c1ccccc1.